The fourth-order valence-electron chi connectivity index (χ4n) is 3.43. The lowest BCUT2D eigenvalue weighted by atomic mass is 10.0. The van der Waals surface area contributed by atoms with E-state index >= 15 is 0 Å². The number of benzene rings is 1. The molecule has 0 radical (unpaired) electrons. The van der Waals surface area contributed by atoms with Crippen molar-refractivity contribution in [1.29, 1.82) is 0 Å². The molecule has 1 fully saturated rings. The lowest BCUT2D eigenvalue weighted by Gasteiger charge is -2.35. The van der Waals surface area contributed by atoms with Crippen LogP contribution in [-0.2, 0) is 6.42 Å². The van der Waals surface area contributed by atoms with Gasteiger partial charge in [-0.1, -0.05) is 38.8 Å². The average molecular weight is 292 g/mol. The Morgan fingerprint density at radius 3 is 2.48 bits per heavy atom. The first-order valence-electron chi connectivity index (χ1n) is 8.28. The Bertz CT molecular complexity index is 451. The Balaban J connectivity index is 2.37. The van der Waals surface area contributed by atoms with Gasteiger partial charge in [0.1, 0.15) is 5.82 Å². The number of hydrogen-bond acceptors (Lipinski definition) is 2. The zero-order valence-electron chi connectivity index (χ0n) is 13.6. The van der Waals surface area contributed by atoms with Gasteiger partial charge in [-0.25, -0.2) is 4.39 Å². The van der Waals surface area contributed by atoms with E-state index in [1.165, 1.54) is 25.7 Å². The molecule has 2 N–H and O–H groups in total. The summed E-state index contributed by atoms with van der Waals surface area (Å²) in [4.78, 5) is 2.32. The summed E-state index contributed by atoms with van der Waals surface area (Å²) in [5.41, 5.74) is 7.81. The molecule has 2 nitrogen and oxygen atoms in total. The van der Waals surface area contributed by atoms with Crippen molar-refractivity contribution in [1.82, 2.24) is 0 Å². The summed E-state index contributed by atoms with van der Waals surface area (Å²) in [5, 5.41) is 0. The zero-order valence-corrected chi connectivity index (χ0v) is 13.6. The molecule has 0 heterocycles. The molecule has 1 aliphatic carbocycles. The van der Waals surface area contributed by atoms with E-state index < -0.39 is 0 Å². The average Bonchev–Trinajstić information content (AvgIpc) is 2.89. The van der Waals surface area contributed by atoms with Crippen molar-refractivity contribution >= 4 is 5.69 Å². The van der Waals surface area contributed by atoms with Crippen LogP contribution in [0.2, 0.25) is 0 Å². The standard InChI is InChI=1S/C18H29FN2/c1-13(2)12-21(16-8-4-5-9-16)18-15(11-14(3)20)7-6-10-17(18)19/h6-7,10,13-14,16H,4-5,8-9,11-12,20H2,1-3H3. The molecule has 3 heteroatoms. The molecule has 0 bridgehead atoms. The molecule has 1 aromatic rings. The van der Waals surface area contributed by atoms with Crippen LogP contribution in [0.1, 0.15) is 52.0 Å². The summed E-state index contributed by atoms with van der Waals surface area (Å²) in [6.07, 6.45) is 5.61. The molecule has 0 amide bonds. The van der Waals surface area contributed by atoms with E-state index in [4.69, 9.17) is 5.73 Å². The minimum atomic E-state index is -0.0966. The third kappa shape index (κ3) is 4.19. The summed E-state index contributed by atoms with van der Waals surface area (Å²) < 4.78 is 14.6. The summed E-state index contributed by atoms with van der Waals surface area (Å²) >= 11 is 0. The van der Waals surface area contributed by atoms with Crippen LogP contribution in [0.25, 0.3) is 0 Å². The molecule has 1 aliphatic rings. The second-order valence-corrected chi connectivity index (χ2v) is 6.91. The van der Waals surface area contributed by atoms with Gasteiger partial charge in [0.05, 0.1) is 5.69 Å². The monoisotopic (exact) mass is 292 g/mol. The number of nitrogens with two attached hydrogens (primary N) is 1. The van der Waals surface area contributed by atoms with Crippen LogP contribution >= 0.6 is 0 Å². The van der Waals surface area contributed by atoms with Gasteiger partial charge < -0.3 is 10.6 Å². The fraction of sp³-hybridized carbons (Fsp3) is 0.667. The van der Waals surface area contributed by atoms with E-state index in [-0.39, 0.29) is 11.9 Å². The molecule has 1 atom stereocenters. The van der Waals surface area contributed by atoms with Gasteiger partial charge in [0.25, 0.3) is 0 Å². The molecule has 0 aromatic heterocycles. The van der Waals surface area contributed by atoms with Crippen molar-refractivity contribution < 1.29 is 4.39 Å². The highest BCUT2D eigenvalue weighted by atomic mass is 19.1. The van der Waals surface area contributed by atoms with Gasteiger partial charge in [0.15, 0.2) is 0 Å². The zero-order chi connectivity index (χ0) is 15.4. The van der Waals surface area contributed by atoms with E-state index in [9.17, 15) is 4.39 Å². The van der Waals surface area contributed by atoms with Crippen LogP contribution in [0.15, 0.2) is 18.2 Å². The van der Waals surface area contributed by atoms with Crippen molar-refractivity contribution in [2.45, 2.75) is 65.0 Å². The van der Waals surface area contributed by atoms with Crippen LogP contribution in [0.3, 0.4) is 0 Å². The maximum atomic E-state index is 14.6. The van der Waals surface area contributed by atoms with Gasteiger partial charge in [0.2, 0.25) is 0 Å². The van der Waals surface area contributed by atoms with Gasteiger partial charge in [-0.15, -0.1) is 0 Å². The van der Waals surface area contributed by atoms with Crippen molar-refractivity contribution in [3.8, 4) is 0 Å². The minimum absolute atomic E-state index is 0.0510. The van der Waals surface area contributed by atoms with Crippen LogP contribution in [0, 0.1) is 11.7 Å². The molecule has 21 heavy (non-hydrogen) atoms. The number of rotatable bonds is 6. The molecular formula is C18H29FN2. The summed E-state index contributed by atoms with van der Waals surface area (Å²) in [6.45, 7) is 7.30. The molecule has 118 valence electrons. The van der Waals surface area contributed by atoms with Crippen LogP contribution < -0.4 is 10.6 Å². The quantitative estimate of drug-likeness (QED) is 0.854. The van der Waals surface area contributed by atoms with E-state index in [0.29, 0.717) is 12.0 Å². The molecule has 0 spiro atoms. The van der Waals surface area contributed by atoms with E-state index in [1.54, 1.807) is 12.1 Å². The summed E-state index contributed by atoms with van der Waals surface area (Å²) in [7, 11) is 0. The molecule has 1 aromatic carbocycles. The normalized spacial score (nSPS) is 17.4. The highest BCUT2D eigenvalue weighted by molar-refractivity contribution is 5.56. The Labute approximate surface area is 128 Å². The maximum Gasteiger partial charge on any atom is 0.146 e. The van der Waals surface area contributed by atoms with E-state index in [0.717, 1.165) is 24.2 Å². The van der Waals surface area contributed by atoms with Crippen molar-refractivity contribution in [2.24, 2.45) is 11.7 Å². The SMILES string of the molecule is CC(C)CN(c1c(F)cccc1CC(C)N)C1CCCC1. The lowest BCUT2D eigenvalue weighted by Crippen LogP contribution is -2.38. The Hall–Kier alpha value is -1.09. The second-order valence-electron chi connectivity index (χ2n) is 6.91. The molecule has 2 rings (SSSR count). The third-order valence-corrected chi connectivity index (χ3v) is 4.23. The van der Waals surface area contributed by atoms with Gasteiger partial charge in [-0.05, 0) is 43.7 Å². The number of hydrogen-bond donors (Lipinski definition) is 1. The summed E-state index contributed by atoms with van der Waals surface area (Å²) in [6, 6.07) is 5.96. The molecule has 0 saturated heterocycles. The Morgan fingerprint density at radius 2 is 1.90 bits per heavy atom. The minimum Gasteiger partial charge on any atom is -0.366 e. The van der Waals surface area contributed by atoms with Gasteiger partial charge in [0, 0.05) is 18.6 Å². The largest absolute Gasteiger partial charge is 0.366 e. The molecular weight excluding hydrogens is 263 g/mol. The predicted molar refractivity (Wildman–Crippen MR) is 88.2 cm³/mol. The van der Waals surface area contributed by atoms with Gasteiger partial charge in [-0.3, -0.25) is 0 Å². The van der Waals surface area contributed by atoms with Crippen molar-refractivity contribution in [3.05, 3.63) is 29.6 Å². The highest BCUT2D eigenvalue weighted by Gasteiger charge is 2.27. The highest BCUT2D eigenvalue weighted by Crippen LogP contribution is 2.33. The third-order valence-electron chi connectivity index (χ3n) is 4.23. The molecule has 0 aliphatic heterocycles. The van der Waals surface area contributed by atoms with Crippen LogP contribution in [0.5, 0.6) is 0 Å². The van der Waals surface area contributed by atoms with E-state index in [2.05, 4.69) is 18.7 Å². The smallest absolute Gasteiger partial charge is 0.146 e. The van der Waals surface area contributed by atoms with Gasteiger partial charge >= 0.3 is 0 Å². The Kier molecular flexibility index (Phi) is 5.63. The predicted octanol–water partition coefficient (Wildman–Crippen LogP) is 4.12. The number of halogens is 1. The number of nitrogens with zero attached hydrogens (tertiary/aromatic N) is 1. The Morgan fingerprint density at radius 1 is 1.24 bits per heavy atom. The topological polar surface area (TPSA) is 29.3 Å². The lowest BCUT2D eigenvalue weighted by molar-refractivity contribution is 0.517. The first-order chi connectivity index (χ1) is 9.99. The van der Waals surface area contributed by atoms with E-state index in [1.807, 2.05) is 13.0 Å². The fourth-order valence-corrected chi connectivity index (χ4v) is 3.43. The molecule has 1 saturated carbocycles. The number of anilines is 1. The first kappa shape index (κ1) is 16.3. The van der Waals surface area contributed by atoms with Crippen LogP contribution in [-0.4, -0.2) is 18.6 Å². The van der Waals surface area contributed by atoms with Crippen molar-refractivity contribution in [2.75, 3.05) is 11.4 Å². The van der Waals surface area contributed by atoms with Crippen LogP contribution in [0.4, 0.5) is 10.1 Å². The number of para-hydroxylation sites is 1. The molecule has 1 unspecified atom stereocenters. The summed E-state index contributed by atoms with van der Waals surface area (Å²) in [5.74, 6) is 0.425. The second kappa shape index (κ2) is 7.26. The van der Waals surface area contributed by atoms with Gasteiger partial charge in [-0.2, -0.15) is 0 Å². The first-order valence-corrected chi connectivity index (χ1v) is 8.28. The maximum absolute atomic E-state index is 14.6. The van der Waals surface area contributed by atoms with Crippen molar-refractivity contribution in [3.63, 3.8) is 0 Å².